The highest BCUT2D eigenvalue weighted by Crippen LogP contribution is 2.52. The number of rotatable bonds is 14. The third-order valence-corrected chi connectivity index (χ3v) is 7.38. The van der Waals surface area contributed by atoms with Crippen molar-refractivity contribution < 1.29 is 19.1 Å². The highest BCUT2D eigenvalue weighted by atomic mass is 16.6. The third-order valence-electron chi connectivity index (χ3n) is 7.38. The molecule has 0 aliphatic heterocycles. The summed E-state index contributed by atoms with van der Waals surface area (Å²) < 4.78 is 11.5. The van der Waals surface area contributed by atoms with Gasteiger partial charge < -0.3 is 9.47 Å². The first kappa shape index (κ1) is 25.2. The molecule has 0 aromatic rings. The molecule has 2 saturated carbocycles. The van der Waals surface area contributed by atoms with Crippen LogP contribution in [0.1, 0.15) is 123 Å². The van der Waals surface area contributed by atoms with Crippen molar-refractivity contribution in [3.63, 3.8) is 0 Å². The molecule has 2 aliphatic carbocycles. The van der Waals surface area contributed by atoms with E-state index in [9.17, 15) is 9.59 Å². The van der Waals surface area contributed by atoms with Crippen LogP contribution in [0.4, 0.5) is 0 Å². The number of carbonyl (C=O) groups excluding carboxylic acids is 2. The van der Waals surface area contributed by atoms with Crippen LogP contribution in [0.25, 0.3) is 0 Å². The second kappa shape index (κ2) is 14.1. The summed E-state index contributed by atoms with van der Waals surface area (Å²) in [7, 11) is 0. The topological polar surface area (TPSA) is 52.6 Å². The van der Waals surface area contributed by atoms with Gasteiger partial charge in [0.15, 0.2) is 5.41 Å². The summed E-state index contributed by atoms with van der Waals surface area (Å²) in [4.78, 5) is 26.7. The van der Waals surface area contributed by atoms with Gasteiger partial charge in [0.1, 0.15) is 0 Å². The lowest BCUT2D eigenvalue weighted by atomic mass is 9.57. The van der Waals surface area contributed by atoms with Crippen LogP contribution in [0.3, 0.4) is 0 Å². The molecule has 0 saturated heterocycles. The monoisotopic (exact) mass is 422 g/mol. The van der Waals surface area contributed by atoms with Crippen molar-refractivity contribution in [2.45, 2.75) is 123 Å². The number of carbonyl (C=O) groups is 2. The second-order valence-electron chi connectivity index (χ2n) is 9.61. The van der Waals surface area contributed by atoms with Crippen molar-refractivity contribution in [2.75, 3.05) is 13.2 Å². The number of hydrogen-bond acceptors (Lipinski definition) is 4. The number of ether oxygens (including phenoxy) is 2. The maximum Gasteiger partial charge on any atom is 0.323 e. The van der Waals surface area contributed by atoms with Crippen LogP contribution in [0.2, 0.25) is 0 Å². The summed E-state index contributed by atoms with van der Waals surface area (Å²) >= 11 is 0. The number of esters is 2. The minimum atomic E-state index is -1.05. The number of fused-ring (bicyclic) bond motifs is 1. The van der Waals surface area contributed by atoms with Gasteiger partial charge in [-0.15, -0.1) is 0 Å². The highest BCUT2D eigenvalue weighted by molar-refractivity contribution is 6.00. The van der Waals surface area contributed by atoms with Gasteiger partial charge in [0.05, 0.1) is 13.2 Å². The smallest absolute Gasteiger partial charge is 0.323 e. The molecule has 0 aromatic carbocycles. The third kappa shape index (κ3) is 6.99. The molecular weight excluding hydrogens is 376 g/mol. The SMILES string of the molecule is CCCCCCCOC(=O)C1(C(=O)OCCCCCCC)CCCC2CCCCC21. The zero-order valence-corrected chi connectivity index (χ0v) is 19.7. The van der Waals surface area contributed by atoms with Gasteiger partial charge in [-0.05, 0) is 37.5 Å². The Kier molecular flexibility index (Phi) is 11.8. The summed E-state index contributed by atoms with van der Waals surface area (Å²) in [6.07, 6.45) is 18.3. The Labute approximate surface area is 184 Å². The van der Waals surface area contributed by atoms with E-state index < -0.39 is 5.41 Å². The Bertz CT molecular complexity index is 471. The molecule has 2 atom stereocenters. The molecule has 2 rings (SSSR count). The van der Waals surface area contributed by atoms with Crippen molar-refractivity contribution in [1.82, 2.24) is 0 Å². The van der Waals surface area contributed by atoms with Gasteiger partial charge in [-0.25, -0.2) is 0 Å². The lowest BCUT2D eigenvalue weighted by Crippen LogP contribution is -2.53. The molecule has 2 fully saturated rings. The molecule has 30 heavy (non-hydrogen) atoms. The van der Waals surface area contributed by atoms with Crippen LogP contribution in [0.15, 0.2) is 0 Å². The number of unbranched alkanes of at least 4 members (excludes halogenated alkanes) is 8. The summed E-state index contributed by atoms with van der Waals surface area (Å²) in [6.45, 7) is 5.27. The lowest BCUT2D eigenvalue weighted by Gasteiger charge is -2.46. The first-order valence-corrected chi connectivity index (χ1v) is 13.0. The Morgan fingerprint density at radius 1 is 0.700 bits per heavy atom. The van der Waals surface area contributed by atoms with Gasteiger partial charge in [0.2, 0.25) is 0 Å². The van der Waals surface area contributed by atoms with Gasteiger partial charge in [0, 0.05) is 0 Å². The van der Waals surface area contributed by atoms with E-state index in [-0.39, 0.29) is 17.9 Å². The normalized spacial score (nSPS) is 22.9. The summed E-state index contributed by atoms with van der Waals surface area (Å²) in [6, 6.07) is 0. The Morgan fingerprint density at radius 3 is 1.77 bits per heavy atom. The minimum absolute atomic E-state index is 0.111. The van der Waals surface area contributed by atoms with E-state index in [1.54, 1.807) is 0 Å². The standard InChI is InChI=1S/C26H46O4/c1-3-5-7-9-13-20-29-24(27)26(25(28)30-21-14-10-8-6-4-2)19-15-17-22-16-11-12-18-23(22)26/h22-23H,3-21H2,1-2H3. The van der Waals surface area contributed by atoms with Crippen molar-refractivity contribution in [2.24, 2.45) is 17.3 Å². The molecule has 0 spiro atoms. The largest absolute Gasteiger partial charge is 0.465 e. The van der Waals surface area contributed by atoms with Crippen LogP contribution in [-0.4, -0.2) is 25.2 Å². The molecule has 4 nitrogen and oxygen atoms in total. The molecule has 0 bridgehead atoms. The zero-order valence-electron chi connectivity index (χ0n) is 19.7. The molecule has 0 amide bonds. The van der Waals surface area contributed by atoms with Crippen LogP contribution in [0.5, 0.6) is 0 Å². The van der Waals surface area contributed by atoms with Crippen LogP contribution in [0, 0.1) is 17.3 Å². The Hall–Kier alpha value is -1.06. The first-order valence-electron chi connectivity index (χ1n) is 13.0. The average Bonchev–Trinajstić information content (AvgIpc) is 2.77. The van der Waals surface area contributed by atoms with Gasteiger partial charge in [-0.2, -0.15) is 0 Å². The van der Waals surface area contributed by atoms with Gasteiger partial charge in [0.25, 0.3) is 0 Å². The van der Waals surface area contributed by atoms with Crippen LogP contribution in [-0.2, 0) is 19.1 Å². The summed E-state index contributed by atoms with van der Waals surface area (Å²) in [5.41, 5.74) is -1.05. The quantitative estimate of drug-likeness (QED) is 0.172. The van der Waals surface area contributed by atoms with E-state index in [4.69, 9.17) is 9.47 Å². The number of hydrogen-bond donors (Lipinski definition) is 0. The van der Waals surface area contributed by atoms with Crippen LogP contribution < -0.4 is 0 Å². The lowest BCUT2D eigenvalue weighted by molar-refractivity contribution is -0.184. The van der Waals surface area contributed by atoms with Gasteiger partial charge in [-0.1, -0.05) is 97.3 Å². The van der Waals surface area contributed by atoms with Crippen molar-refractivity contribution >= 4 is 11.9 Å². The predicted octanol–water partition coefficient (Wildman–Crippen LogP) is 6.99. The maximum absolute atomic E-state index is 13.4. The highest BCUT2D eigenvalue weighted by Gasteiger charge is 2.58. The van der Waals surface area contributed by atoms with E-state index in [1.165, 1.54) is 44.9 Å². The fourth-order valence-electron chi connectivity index (χ4n) is 5.62. The molecule has 0 heterocycles. The maximum atomic E-state index is 13.4. The molecule has 2 aliphatic rings. The molecule has 4 heteroatoms. The van der Waals surface area contributed by atoms with E-state index in [0.29, 0.717) is 25.6 Å². The van der Waals surface area contributed by atoms with Crippen molar-refractivity contribution in [3.05, 3.63) is 0 Å². The molecule has 0 radical (unpaired) electrons. The predicted molar refractivity (Wildman–Crippen MR) is 121 cm³/mol. The van der Waals surface area contributed by atoms with Gasteiger partial charge in [-0.3, -0.25) is 9.59 Å². The summed E-state index contributed by atoms with van der Waals surface area (Å²) in [5, 5.41) is 0. The van der Waals surface area contributed by atoms with Crippen molar-refractivity contribution in [3.8, 4) is 0 Å². The molecular formula is C26H46O4. The summed E-state index contributed by atoms with van der Waals surface area (Å²) in [5.74, 6) is 0.0121. The van der Waals surface area contributed by atoms with Crippen LogP contribution >= 0.6 is 0 Å². The molecule has 0 N–H and O–H groups in total. The Balaban J connectivity index is 1.97. The Morgan fingerprint density at radius 2 is 1.20 bits per heavy atom. The first-order chi connectivity index (χ1) is 14.7. The molecule has 174 valence electrons. The molecule has 0 aromatic heterocycles. The second-order valence-corrected chi connectivity index (χ2v) is 9.61. The van der Waals surface area contributed by atoms with E-state index in [0.717, 1.165) is 57.8 Å². The zero-order chi connectivity index (χ0) is 21.7. The minimum Gasteiger partial charge on any atom is -0.465 e. The van der Waals surface area contributed by atoms with E-state index in [1.807, 2.05) is 0 Å². The fourth-order valence-corrected chi connectivity index (χ4v) is 5.62. The average molecular weight is 423 g/mol. The molecule has 2 unspecified atom stereocenters. The fraction of sp³-hybridized carbons (Fsp3) is 0.923. The van der Waals surface area contributed by atoms with Gasteiger partial charge >= 0.3 is 11.9 Å². The van der Waals surface area contributed by atoms with E-state index >= 15 is 0 Å². The van der Waals surface area contributed by atoms with Crippen molar-refractivity contribution in [1.29, 1.82) is 0 Å². The van der Waals surface area contributed by atoms with E-state index in [2.05, 4.69) is 13.8 Å².